The molecule has 0 fully saturated rings. The van der Waals surface area contributed by atoms with Gasteiger partial charge in [-0.05, 0) is 32.0 Å². The Morgan fingerprint density at radius 3 is 2.73 bits per heavy atom. The molecule has 0 saturated heterocycles. The summed E-state index contributed by atoms with van der Waals surface area (Å²) in [5, 5.41) is 3.17. The lowest BCUT2D eigenvalue weighted by Gasteiger charge is -2.10. The van der Waals surface area contributed by atoms with E-state index in [1.807, 2.05) is 19.1 Å². The van der Waals surface area contributed by atoms with Crippen LogP contribution in [0.5, 0.6) is 5.88 Å². The van der Waals surface area contributed by atoms with Crippen LogP contribution in [0.1, 0.15) is 29.8 Å². The van der Waals surface area contributed by atoms with Gasteiger partial charge in [-0.15, -0.1) is 0 Å². The molecule has 0 amide bonds. The number of aromatic nitrogens is 2. The third kappa shape index (κ3) is 4.18. The van der Waals surface area contributed by atoms with Gasteiger partial charge in [-0.1, -0.05) is 6.07 Å². The van der Waals surface area contributed by atoms with Crippen molar-refractivity contribution in [3.05, 3.63) is 47.8 Å². The molecule has 0 saturated carbocycles. The lowest BCUT2D eigenvalue weighted by molar-refractivity contribution is 0.0526. The van der Waals surface area contributed by atoms with E-state index in [1.54, 1.807) is 25.3 Å². The smallest absolute Gasteiger partial charge is 0.339 e. The molecule has 116 valence electrons. The zero-order chi connectivity index (χ0) is 15.8. The second-order valence-electron chi connectivity index (χ2n) is 4.41. The molecule has 0 aliphatic heterocycles. The van der Waals surface area contributed by atoms with Crippen molar-refractivity contribution in [2.45, 2.75) is 20.4 Å². The summed E-state index contributed by atoms with van der Waals surface area (Å²) in [4.78, 5) is 19.9. The molecule has 0 aromatic carbocycles. The molecule has 2 aromatic heterocycles. The Morgan fingerprint density at radius 2 is 2.05 bits per heavy atom. The fraction of sp³-hybridized carbons (Fsp3) is 0.312. The first-order valence-electron chi connectivity index (χ1n) is 7.18. The summed E-state index contributed by atoms with van der Waals surface area (Å²) in [5.41, 5.74) is 1.38. The number of ether oxygens (including phenoxy) is 2. The van der Waals surface area contributed by atoms with Crippen molar-refractivity contribution in [2.75, 3.05) is 18.5 Å². The van der Waals surface area contributed by atoms with Crippen LogP contribution in [0.4, 0.5) is 5.82 Å². The van der Waals surface area contributed by atoms with Crippen molar-refractivity contribution in [1.82, 2.24) is 9.97 Å². The molecule has 2 heterocycles. The lowest BCUT2D eigenvalue weighted by Crippen LogP contribution is -2.07. The predicted molar refractivity (Wildman–Crippen MR) is 82.9 cm³/mol. The fourth-order valence-corrected chi connectivity index (χ4v) is 1.84. The minimum atomic E-state index is -0.368. The van der Waals surface area contributed by atoms with Gasteiger partial charge in [0.15, 0.2) is 0 Å². The standard InChI is InChI=1S/C16H19N3O3/c1-3-21-15-12(6-5-9-17-15)10-18-14-8-7-13(11-19-14)16(20)22-4-2/h5-9,11H,3-4,10H2,1-2H3,(H,18,19). The van der Waals surface area contributed by atoms with Crippen LogP contribution in [0.25, 0.3) is 0 Å². The largest absolute Gasteiger partial charge is 0.478 e. The van der Waals surface area contributed by atoms with Crippen molar-refractivity contribution < 1.29 is 14.3 Å². The average molecular weight is 301 g/mol. The van der Waals surface area contributed by atoms with Gasteiger partial charge in [0.2, 0.25) is 5.88 Å². The third-order valence-corrected chi connectivity index (χ3v) is 2.87. The number of pyridine rings is 2. The van der Waals surface area contributed by atoms with Crippen LogP contribution in [0, 0.1) is 0 Å². The maximum absolute atomic E-state index is 11.5. The van der Waals surface area contributed by atoms with Crippen LogP contribution in [-0.2, 0) is 11.3 Å². The normalized spacial score (nSPS) is 10.1. The second-order valence-corrected chi connectivity index (χ2v) is 4.41. The van der Waals surface area contributed by atoms with Crippen molar-refractivity contribution in [3.63, 3.8) is 0 Å². The number of hydrogen-bond acceptors (Lipinski definition) is 6. The minimum absolute atomic E-state index is 0.347. The molecule has 0 aliphatic rings. The zero-order valence-electron chi connectivity index (χ0n) is 12.7. The summed E-state index contributed by atoms with van der Waals surface area (Å²) in [6, 6.07) is 7.22. The van der Waals surface area contributed by atoms with E-state index in [0.717, 1.165) is 5.56 Å². The van der Waals surface area contributed by atoms with Gasteiger partial charge in [0.05, 0.1) is 18.8 Å². The molecule has 6 nitrogen and oxygen atoms in total. The fourth-order valence-electron chi connectivity index (χ4n) is 1.84. The van der Waals surface area contributed by atoms with Gasteiger partial charge < -0.3 is 14.8 Å². The van der Waals surface area contributed by atoms with Crippen molar-refractivity contribution in [2.24, 2.45) is 0 Å². The van der Waals surface area contributed by atoms with Gasteiger partial charge in [0.1, 0.15) is 5.82 Å². The molecule has 6 heteroatoms. The van der Waals surface area contributed by atoms with Gasteiger partial charge in [-0.3, -0.25) is 0 Å². The van der Waals surface area contributed by atoms with Gasteiger partial charge in [-0.25, -0.2) is 14.8 Å². The number of hydrogen-bond donors (Lipinski definition) is 1. The summed E-state index contributed by atoms with van der Waals surface area (Å²) in [5.74, 6) is 0.910. The predicted octanol–water partition coefficient (Wildman–Crippen LogP) is 2.66. The van der Waals surface area contributed by atoms with Crippen LogP contribution in [0.2, 0.25) is 0 Å². The maximum Gasteiger partial charge on any atom is 0.339 e. The zero-order valence-corrected chi connectivity index (χ0v) is 12.7. The Kier molecular flexibility index (Phi) is 5.71. The monoisotopic (exact) mass is 301 g/mol. The number of nitrogens with one attached hydrogen (secondary N) is 1. The summed E-state index contributed by atoms with van der Waals surface area (Å²) < 4.78 is 10.4. The van der Waals surface area contributed by atoms with Crippen molar-refractivity contribution in [1.29, 1.82) is 0 Å². The van der Waals surface area contributed by atoms with Crippen LogP contribution < -0.4 is 10.1 Å². The van der Waals surface area contributed by atoms with E-state index in [1.165, 1.54) is 6.20 Å². The lowest BCUT2D eigenvalue weighted by atomic mass is 10.2. The van der Waals surface area contributed by atoms with E-state index in [0.29, 0.717) is 37.0 Å². The first-order valence-corrected chi connectivity index (χ1v) is 7.18. The Balaban J connectivity index is 1.99. The molecule has 0 bridgehead atoms. The summed E-state index contributed by atoms with van der Waals surface area (Å²) in [6.45, 7) is 5.14. The highest BCUT2D eigenvalue weighted by molar-refractivity contribution is 5.89. The number of anilines is 1. The van der Waals surface area contributed by atoms with E-state index in [4.69, 9.17) is 9.47 Å². The number of esters is 1. The van der Waals surface area contributed by atoms with E-state index < -0.39 is 0 Å². The van der Waals surface area contributed by atoms with Crippen LogP contribution in [0.3, 0.4) is 0 Å². The highest BCUT2D eigenvalue weighted by Crippen LogP contribution is 2.16. The van der Waals surface area contributed by atoms with Gasteiger partial charge in [-0.2, -0.15) is 0 Å². The van der Waals surface area contributed by atoms with E-state index >= 15 is 0 Å². The van der Waals surface area contributed by atoms with Gasteiger partial charge in [0.25, 0.3) is 0 Å². The average Bonchev–Trinajstić information content (AvgIpc) is 2.55. The number of carbonyl (C=O) groups is 1. The Bertz CT molecular complexity index is 614. The molecule has 0 aliphatic carbocycles. The quantitative estimate of drug-likeness (QED) is 0.793. The molecule has 0 radical (unpaired) electrons. The Morgan fingerprint density at radius 1 is 1.18 bits per heavy atom. The molecular weight excluding hydrogens is 282 g/mol. The summed E-state index contributed by atoms with van der Waals surface area (Å²) >= 11 is 0. The van der Waals surface area contributed by atoms with E-state index in [9.17, 15) is 4.79 Å². The van der Waals surface area contributed by atoms with E-state index in [2.05, 4.69) is 15.3 Å². The first kappa shape index (κ1) is 15.8. The third-order valence-electron chi connectivity index (χ3n) is 2.87. The molecule has 1 N–H and O–H groups in total. The summed E-state index contributed by atoms with van der Waals surface area (Å²) in [7, 11) is 0. The number of rotatable bonds is 7. The molecule has 22 heavy (non-hydrogen) atoms. The highest BCUT2D eigenvalue weighted by atomic mass is 16.5. The number of nitrogens with zero attached hydrogens (tertiary/aromatic N) is 2. The Hall–Kier alpha value is -2.63. The maximum atomic E-state index is 11.5. The van der Waals surface area contributed by atoms with Crippen molar-refractivity contribution in [3.8, 4) is 5.88 Å². The SMILES string of the molecule is CCOC(=O)c1ccc(NCc2cccnc2OCC)nc1. The molecule has 2 aromatic rings. The molecule has 0 atom stereocenters. The second kappa shape index (κ2) is 7.97. The molecular formula is C16H19N3O3. The van der Waals surface area contributed by atoms with Crippen LogP contribution >= 0.6 is 0 Å². The highest BCUT2D eigenvalue weighted by Gasteiger charge is 2.07. The minimum Gasteiger partial charge on any atom is -0.478 e. The van der Waals surface area contributed by atoms with Crippen LogP contribution in [0.15, 0.2) is 36.7 Å². The van der Waals surface area contributed by atoms with Gasteiger partial charge in [0, 0.05) is 24.5 Å². The molecule has 0 spiro atoms. The van der Waals surface area contributed by atoms with E-state index in [-0.39, 0.29) is 5.97 Å². The summed E-state index contributed by atoms with van der Waals surface area (Å²) in [6.07, 6.45) is 3.19. The topological polar surface area (TPSA) is 73.3 Å². The number of carbonyl (C=O) groups excluding carboxylic acids is 1. The molecule has 2 rings (SSSR count). The first-order chi connectivity index (χ1) is 10.7. The molecule has 0 unspecified atom stereocenters. The van der Waals surface area contributed by atoms with Crippen molar-refractivity contribution >= 4 is 11.8 Å². The van der Waals surface area contributed by atoms with Gasteiger partial charge >= 0.3 is 5.97 Å². The van der Waals surface area contributed by atoms with Crippen LogP contribution in [-0.4, -0.2) is 29.2 Å². The Labute approximate surface area is 129 Å².